The third-order valence-corrected chi connectivity index (χ3v) is 4.93. The molecule has 1 aliphatic rings. The molecule has 0 radical (unpaired) electrons. The molecule has 1 aliphatic heterocycles. The second-order valence-electron chi connectivity index (χ2n) is 5.32. The van der Waals surface area contributed by atoms with Gasteiger partial charge < -0.3 is 0 Å². The van der Waals surface area contributed by atoms with Crippen molar-refractivity contribution in [1.29, 1.82) is 0 Å². The van der Waals surface area contributed by atoms with E-state index >= 15 is 0 Å². The average molecular weight is 438 g/mol. The molecule has 25 heavy (non-hydrogen) atoms. The SMILES string of the molecule is CC1C(=O)N(c2c(Cl)cc(Cl)cc2Cl)NC1=Nc1cc(Cl)ccc1Cl. The Labute approximate surface area is 169 Å². The van der Waals surface area contributed by atoms with E-state index in [-0.39, 0.29) is 16.0 Å². The highest BCUT2D eigenvalue weighted by Crippen LogP contribution is 2.38. The van der Waals surface area contributed by atoms with Crippen LogP contribution in [-0.2, 0) is 4.79 Å². The summed E-state index contributed by atoms with van der Waals surface area (Å²) >= 11 is 30.4. The van der Waals surface area contributed by atoms with E-state index in [2.05, 4.69) is 10.4 Å². The lowest BCUT2D eigenvalue weighted by molar-refractivity contribution is -0.119. The van der Waals surface area contributed by atoms with Gasteiger partial charge in [0.2, 0.25) is 0 Å². The Balaban J connectivity index is 2.01. The summed E-state index contributed by atoms with van der Waals surface area (Å²) in [4.78, 5) is 17.0. The van der Waals surface area contributed by atoms with Crippen LogP contribution in [-0.4, -0.2) is 11.7 Å². The quantitative estimate of drug-likeness (QED) is 0.611. The second-order valence-corrected chi connectivity index (χ2v) is 7.41. The maximum absolute atomic E-state index is 12.6. The molecule has 1 atom stereocenters. The van der Waals surface area contributed by atoms with Crippen molar-refractivity contribution >= 4 is 81.1 Å². The number of nitrogens with zero attached hydrogens (tertiary/aromatic N) is 2. The number of anilines is 1. The molecule has 2 aromatic carbocycles. The zero-order chi connectivity index (χ0) is 18.3. The average Bonchev–Trinajstić information content (AvgIpc) is 2.79. The number of halogens is 5. The minimum atomic E-state index is -0.544. The minimum Gasteiger partial charge on any atom is -0.277 e. The van der Waals surface area contributed by atoms with Crippen molar-refractivity contribution in [2.75, 3.05) is 5.01 Å². The van der Waals surface area contributed by atoms with Crippen LogP contribution < -0.4 is 10.4 Å². The predicted octanol–water partition coefficient (Wildman–Crippen LogP) is 6.17. The number of benzene rings is 2. The number of rotatable bonds is 2. The van der Waals surface area contributed by atoms with E-state index < -0.39 is 5.92 Å². The van der Waals surface area contributed by atoms with E-state index in [1.165, 1.54) is 17.1 Å². The van der Waals surface area contributed by atoms with Gasteiger partial charge in [0.1, 0.15) is 11.5 Å². The first-order valence-electron chi connectivity index (χ1n) is 7.06. The summed E-state index contributed by atoms with van der Waals surface area (Å²) in [5, 5.41) is 3.02. The van der Waals surface area contributed by atoms with E-state index in [9.17, 15) is 4.79 Å². The van der Waals surface area contributed by atoms with Gasteiger partial charge in [-0.15, -0.1) is 0 Å². The number of hydrogen-bond acceptors (Lipinski definition) is 2. The van der Waals surface area contributed by atoms with Gasteiger partial charge in [-0.3, -0.25) is 10.2 Å². The Bertz CT molecular complexity index is 876. The molecule has 130 valence electrons. The summed E-state index contributed by atoms with van der Waals surface area (Å²) in [5.41, 5.74) is 3.69. The van der Waals surface area contributed by atoms with Crippen LogP contribution in [0.2, 0.25) is 25.1 Å². The van der Waals surface area contributed by atoms with Crippen LogP contribution in [0.25, 0.3) is 0 Å². The maximum atomic E-state index is 12.6. The Morgan fingerprint density at radius 3 is 2.24 bits per heavy atom. The molecule has 1 amide bonds. The molecule has 0 saturated carbocycles. The smallest absolute Gasteiger partial charge is 0.256 e. The van der Waals surface area contributed by atoms with Crippen molar-refractivity contribution in [2.45, 2.75) is 6.92 Å². The van der Waals surface area contributed by atoms with Gasteiger partial charge in [0.15, 0.2) is 0 Å². The third kappa shape index (κ3) is 3.69. The van der Waals surface area contributed by atoms with Crippen molar-refractivity contribution in [2.24, 2.45) is 10.9 Å². The normalized spacial score (nSPS) is 18.8. The molecule has 0 aliphatic carbocycles. The zero-order valence-corrected chi connectivity index (χ0v) is 16.4. The maximum Gasteiger partial charge on any atom is 0.256 e. The van der Waals surface area contributed by atoms with Crippen LogP contribution in [0.5, 0.6) is 0 Å². The predicted molar refractivity (Wildman–Crippen MR) is 105 cm³/mol. The fourth-order valence-electron chi connectivity index (χ4n) is 2.31. The number of nitrogens with one attached hydrogen (secondary N) is 1. The van der Waals surface area contributed by atoms with Gasteiger partial charge in [0.25, 0.3) is 5.91 Å². The van der Waals surface area contributed by atoms with Crippen LogP contribution in [0.4, 0.5) is 11.4 Å². The summed E-state index contributed by atoms with van der Waals surface area (Å²) in [5.74, 6) is -0.405. The number of carbonyl (C=O) groups is 1. The Morgan fingerprint density at radius 1 is 0.960 bits per heavy atom. The van der Waals surface area contributed by atoms with Crippen LogP contribution in [0.3, 0.4) is 0 Å². The van der Waals surface area contributed by atoms with E-state index in [1.54, 1.807) is 25.1 Å². The summed E-state index contributed by atoms with van der Waals surface area (Å²) < 4.78 is 0. The molecule has 4 nitrogen and oxygen atoms in total. The molecule has 0 spiro atoms. The zero-order valence-electron chi connectivity index (χ0n) is 12.7. The van der Waals surface area contributed by atoms with Gasteiger partial charge in [-0.25, -0.2) is 10.0 Å². The van der Waals surface area contributed by atoms with E-state index in [4.69, 9.17) is 58.0 Å². The number of carbonyl (C=O) groups excluding carboxylic acids is 1. The lowest BCUT2D eigenvalue weighted by Gasteiger charge is -2.19. The Morgan fingerprint density at radius 2 is 1.60 bits per heavy atom. The van der Waals surface area contributed by atoms with Crippen LogP contribution in [0.1, 0.15) is 6.92 Å². The Kier molecular flexibility index (Phi) is 5.37. The highest BCUT2D eigenvalue weighted by Gasteiger charge is 2.37. The molecule has 0 bridgehead atoms. The lowest BCUT2D eigenvalue weighted by atomic mass is 10.1. The largest absolute Gasteiger partial charge is 0.277 e. The van der Waals surface area contributed by atoms with E-state index in [0.717, 1.165) is 0 Å². The Hall–Kier alpha value is -1.17. The van der Waals surface area contributed by atoms with Gasteiger partial charge in [-0.05, 0) is 37.3 Å². The first-order chi connectivity index (χ1) is 11.8. The van der Waals surface area contributed by atoms with E-state index in [0.29, 0.717) is 32.3 Å². The van der Waals surface area contributed by atoms with Gasteiger partial charge >= 0.3 is 0 Å². The van der Waals surface area contributed by atoms with E-state index in [1.807, 2.05) is 0 Å². The number of amidine groups is 1. The first kappa shape index (κ1) is 18.6. The number of hydrazine groups is 1. The monoisotopic (exact) mass is 435 g/mol. The third-order valence-electron chi connectivity index (χ3n) is 3.58. The van der Waals surface area contributed by atoms with Crippen molar-refractivity contribution in [1.82, 2.24) is 5.43 Å². The van der Waals surface area contributed by atoms with Gasteiger partial charge in [0, 0.05) is 10.0 Å². The minimum absolute atomic E-state index is 0.243. The van der Waals surface area contributed by atoms with Crippen molar-refractivity contribution in [3.8, 4) is 0 Å². The highest BCUT2D eigenvalue weighted by molar-refractivity contribution is 6.43. The number of aliphatic imine (C=N–C) groups is 1. The molecular formula is C16H10Cl5N3O. The standard InChI is InChI=1S/C16H10Cl5N3O/c1-7-15(22-13-6-8(17)2-3-10(13)19)23-24(16(7)25)14-11(20)4-9(18)5-12(14)21/h2-7H,1H3,(H,22,23). The molecule has 1 fully saturated rings. The summed E-state index contributed by atoms with van der Waals surface area (Å²) in [7, 11) is 0. The molecule has 2 aromatic rings. The molecule has 1 heterocycles. The van der Waals surface area contributed by atoms with Crippen LogP contribution in [0, 0.1) is 5.92 Å². The molecule has 0 aromatic heterocycles. The van der Waals surface area contributed by atoms with Gasteiger partial charge in [-0.1, -0.05) is 58.0 Å². The van der Waals surface area contributed by atoms with Crippen LogP contribution >= 0.6 is 58.0 Å². The second kappa shape index (κ2) is 7.22. The lowest BCUT2D eigenvalue weighted by Crippen LogP contribution is -2.36. The van der Waals surface area contributed by atoms with Gasteiger partial charge in [-0.2, -0.15) is 0 Å². The van der Waals surface area contributed by atoms with Crippen molar-refractivity contribution < 1.29 is 4.79 Å². The molecule has 1 N–H and O–H groups in total. The van der Waals surface area contributed by atoms with Gasteiger partial charge in [0.05, 0.1) is 26.7 Å². The summed E-state index contributed by atoms with van der Waals surface area (Å²) in [6.07, 6.45) is 0. The molecular weight excluding hydrogens is 427 g/mol. The van der Waals surface area contributed by atoms with Crippen molar-refractivity contribution in [3.05, 3.63) is 55.4 Å². The molecule has 1 unspecified atom stereocenters. The molecule has 1 saturated heterocycles. The number of hydrogen-bond donors (Lipinski definition) is 1. The fourth-order valence-corrected chi connectivity index (χ4v) is 3.63. The molecule has 3 rings (SSSR count). The fraction of sp³-hybridized carbons (Fsp3) is 0.125. The van der Waals surface area contributed by atoms with Crippen LogP contribution in [0.15, 0.2) is 35.3 Å². The number of amides is 1. The summed E-state index contributed by atoms with van der Waals surface area (Å²) in [6.45, 7) is 1.71. The highest BCUT2D eigenvalue weighted by atomic mass is 35.5. The summed E-state index contributed by atoms with van der Waals surface area (Å²) in [6, 6.07) is 7.92. The first-order valence-corrected chi connectivity index (χ1v) is 8.95. The van der Waals surface area contributed by atoms with Crippen molar-refractivity contribution in [3.63, 3.8) is 0 Å². The topological polar surface area (TPSA) is 44.7 Å². The molecule has 9 heteroatoms.